The van der Waals surface area contributed by atoms with E-state index in [0.717, 1.165) is 38.0 Å². The minimum atomic E-state index is -0.341. The molecule has 31 heavy (non-hydrogen) atoms. The molecule has 1 amide bonds. The minimum Gasteiger partial charge on any atom is -0.462 e. The largest absolute Gasteiger partial charge is 0.462 e. The van der Waals surface area contributed by atoms with E-state index in [-0.39, 0.29) is 17.8 Å². The highest BCUT2D eigenvalue weighted by atomic mass is 16.5. The molecule has 1 aromatic carbocycles. The number of aromatic nitrogens is 4. The number of esters is 1. The molecule has 1 atom stereocenters. The van der Waals surface area contributed by atoms with Crippen LogP contribution >= 0.6 is 0 Å². The lowest BCUT2D eigenvalue weighted by atomic mass is 9.97. The molecule has 0 unspecified atom stereocenters. The average molecular weight is 422 g/mol. The second-order valence-electron chi connectivity index (χ2n) is 7.67. The number of benzene rings is 1. The molecule has 1 fully saturated rings. The third-order valence-electron chi connectivity index (χ3n) is 5.38. The number of ether oxygens (including phenoxy) is 1. The van der Waals surface area contributed by atoms with Crippen LogP contribution in [0.15, 0.2) is 42.7 Å². The third-order valence-corrected chi connectivity index (χ3v) is 5.38. The number of anilines is 2. The zero-order valence-corrected chi connectivity index (χ0v) is 17.5. The van der Waals surface area contributed by atoms with Crippen LogP contribution < -0.4 is 10.2 Å². The van der Waals surface area contributed by atoms with Gasteiger partial charge in [0.25, 0.3) is 0 Å². The van der Waals surface area contributed by atoms with E-state index in [9.17, 15) is 9.59 Å². The Labute approximate surface area is 180 Å². The van der Waals surface area contributed by atoms with Crippen molar-refractivity contribution >= 4 is 29.0 Å². The number of carbonyl (C=O) groups excluding carboxylic acids is 2. The van der Waals surface area contributed by atoms with Gasteiger partial charge in [0.1, 0.15) is 12.1 Å². The fourth-order valence-corrected chi connectivity index (χ4v) is 3.61. The van der Waals surface area contributed by atoms with Crippen LogP contribution in [0.3, 0.4) is 0 Å². The number of piperidine rings is 1. The molecular weight excluding hydrogens is 396 g/mol. The van der Waals surface area contributed by atoms with Gasteiger partial charge >= 0.3 is 5.97 Å². The van der Waals surface area contributed by atoms with E-state index in [1.807, 2.05) is 19.1 Å². The molecule has 0 saturated carbocycles. The molecule has 0 radical (unpaired) electrons. The number of carbonyl (C=O) groups is 2. The van der Waals surface area contributed by atoms with Gasteiger partial charge in [-0.3, -0.25) is 4.79 Å². The van der Waals surface area contributed by atoms with Crippen LogP contribution in [0.1, 0.15) is 43.0 Å². The first-order valence-corrected chi connectivity index (χ1v) is 10.6. The summed E-state index contributed by atoms with van der Waals surface area (Å²) in [6.07, 6.45) is 5.11. The number of nitrogens with one attached hydrogen (secondary N) is 1. The summed E-state index contributed by atoms with van der Waals surface area (Å²) in [4.78, 5) is 27.0. The molecular formula is C22H26N6O3. The van der Waals surface area contributed by atoms with Crippen molar-refractivity contribution in [1.29, 1.82) is 0 Å². The van der Waals surface area contributed by atoms with Crippen molar-refractivity contribution in [2.45, 2.75) is 32.6 Å². The topological polar surface area (TPSA) is 102 Å². The average Bonchev–Trinajstić information content (AvgIpc) is 3.28. The molecule has 4 rings (SSSR count). The molecule has 0 aliphatic carbocycles. The van der Waals surface area contributed by atoms with Crippen molar-refractivity contribution in [2.75, 3.05) is 29.9 Å². The maximum Gasteiger partial charge on any atom is 0.338 e. The number of nitrogens with zero attached hydrogens (tertiary/aromatic N) is 5. The third kappa shape index (κ3) is 4.99. The second kappa shape index (κ2) is 9.55. The van der Waals surface area contributed by atoms with Gasteiger partial charge in [-0.25, -0.2) is 4.79 Å². The van der Waals surface area contributed by atoms with Gasteiger partial charge in [-0.2, -0.15) is 4.52 Å². The van der Waals surface area contributed by atoms with Crippen LogP contribution in [0.4, 0.5) is 11.5 Å². The lowest BCUT2D eigenvalue weighted by Gasteiger charge is -2.32. The number of rotatable bonds is 7. The van der Waals surface area contributed by atoms with Gasteiger partial charge in [0.15, 0.2) is 5.65 Å². The Balaban J connectivity index is 1.35. The van der Waals surface area contributed by atoms with Crippen molar-refractivity contribution in [3.8, 4) is 0 Å². The summed E-state index contributed by atoms with van der Waals surface area (Å²) >= 11 is 0. The summed E-state index contributed by atoms with van der Waals surface area (Å²) in [5.41, 5.74) is 1.83. The molecule has 0 spiro atoms. The normalized spacial score (nSPS) is 16.3. The summed E-state index contributed by atoms with van der Waals surface area (Å²) in [6.45, 7) is 3.90. The molecule has 1 saturated heterocycles. The quantitative estimate of drug-likeness (QED) is 0.461. The maximum atomic E-state index is 12.8. The highest BCUT2D eigenvalue weighted by Crippen LogP contribution is 2.23. The SMILES string of the molecule is CCCCOC(=O)c1ccc(NC(=O)[C@@H]2CCCN(c3ccc4nncn4n3)C2)cc1. The van der Waals surface area contributed by atoms with Gasteiger partial charge < -0.3 is 15.0 Å². The predicted octanol–water partition coefficient (Wildman–Crippen LogP) is 2.94. The van der Waals surface area contributed by atoms with Gasteiger partial charge in [-0.1, -0.05) is 13.3 Å². The highest BCUT2D eigenvalue weighted by molar-refractivity contribution is 5.94. The Bertz CT molecular complexity index is 1050. The molecule has 9 nitrogen and oxygen atoms in total. The van der Waals surface area contributed by atoms with Crippen LogP contribution in [-0.2, 0) is 9.53 Å². The number of unbranched alkanes of at least 4 members (excludes halogenated alkanes) is 1. The van der Waals surface area contributed by atoms with Crippen molar-refractivity contribution in [2.24, 2.45) is 5.92 Å². The lowest BCUT2D eigenvalue weighted by Crippen LogP contribution is -2.41. The Morgan fingerprint density at radius 2 is 2.03 bits per heavy atom. The molecule has 1 N–H and O–H groups in total. The molecule has 2 aromatic heterocycles. The molecule has 9 heteroatoms. The summed E-state index contributed by atoms with van der Waals surface area (Å²) in [7, 11) is 0. The van der Waals surface area contributed by atoms with Crippen molar-refractivity contribution in [3.63, 3.8) is 0 Å². The van der Waals surface area contributed by atoms with Crippen LogP contribution in [0.2, 0.25) is 0 Å². The van der Waals surface area contributed by atoms with Gasteiger partial charge in [0.05, 0.1) is 18.1 Å². The van der Waals surface area contributed by atoms with Crippen LogP contribution in [0.25, 0.3) is 5.65 Å². The van der Waals surface area contributed by atoms with Gasteiger partial charge in [-0.15, -0.1) is 15.3 Å². The van der Waals surface area contributed by atoms with Gasteiger partial charge in [0, 0.05) is 18.8 Å². The number of hydrogen-bond donors (Lipinski definition) is 1. The minimum absolute atomic E-state index is 0.0339. The second-order valence-corrected chi connectivity index (χ2v) is 7.67. The number of amides is 1. The summed E-state index contributed by atoms with van der Waals surface area (Å²) in [5, 5.41) is 15.3. The van der Waals surface area contributed by atoms with E-state index in [4.69, 9.17) is 4.74 Å². The predicted molar refractivity (Wildman–Crippen MR) is 116 cm³/mol. The number of hydrogen-bond acceptors (Lipinski definition) is 7. The Morgan fingerprint density at radius 3 is 2.84 bits per heavy atom. The first-order valence-electron chi connectivity index (χ1n) is 10.6. The molecule has 1 aliphatic rings. The first-order chi connectivity index (χ1) is 15.1. The Hall–Kier alpha value is -3.49. The van der Waals surface area contributed by atoms with Crippen molar-refractivity contribution in [1.82, 2.24) is 19.8 Å². The fraction of sp³-hybridized carbons (Fsp3) is 0.409. The van der Waals surface area contributed by atoms with Crippen LogP contribution in [0, 0.1) is 5.92 Å². The van der Waals surface area contributed by atoms with Gasteiger partial charge in [0.2, 0.25) is 5.91 Å². The maximum absolute atomic E-state index is 12.8. The van der Waals surface area contributed by atoms with E-state index in [1.165, 1.54) is 0 Å². The highest BCUT2D eigenvalue weighted by Gasteiger charge is 2.27. The summed E-state index contributed by atoms with van der Waals surface area (Å²) in [5.74, 6) is 0.279. The van der Waals surface area contributed by atoms with E-state index < -0.39 is 0 Å². The fourth-order valence-electron chi connectivity index (χ4n) is 3.61. The monoisotopic (exact) mass is 422 g/mol. The van der Waals surface area contributed by atoms with E-state index >= 15 is 0 Å². The summed E-state index contributed by atoms with van der Waals surface area (Å²) < 4.78 is 6.85. The molecule has 1 aliphatic heterocycles. The van der Waals surface area contributed by atoms with E-state index in [2.05, 4.69) is 25.5 Å². The van der Waals surface area contributed by atoms with E-state index in [0.29, 0.717) is 30.0 Å². The lowest BCUT2D eigenvalue weighted by molar-refractivity contribution is -0.120. The Kier molecular flexibility index (Phi) is 6.40. The molecule has 0 bridgehead atoms. The molecule has 3 heterocycles. The summed E-state index contributed by atoms with van der Waals surface area (Å²) in [6, 6.07) is 10.6. The first kappa shape index (κ1) is 20.8. The zero-order chi connectivity index (χ0) is 21.6. The van der Waals surface area contributed by atoms with Crippen molar-refractivity contribution < 1.29 is 14.3 Å². The zero-order valence-electron chi connectivity index (χ0n) is 17.5. The van der Waals surface area contributed by atoms with Crippen LogP contribution in [-0.4, -0.2) is 51.4 Å². The molecule has 162 valence electrons. The van der Waals surface area contributed by atoms with Gasteiger partial charge in [-0.05, 0) is 55.7 Å². The van der Waals surface area contributed by atoms with Crippen molar-refractivity contribution in [3.05, 3.63) is 48.3 Å². The standard InChI is InChI=1S/C22H26N6O3/c1-2-3-13-31-22(30)16-6-8-18(9-7-16)24-21(29)17-5-4-12-27(14-17)20-11-10-19-25-23-15-28(19)26-20/h6-11,15,17H,2-5,12-14H2,1H3,(H,24,29)/t17-/m1/s1. The Morgan fingerprint density at radius 1 is 1.19 bits per heavy atom. The van der Waals surface area contributed by atoms with E-state index in [1.54, 1.807) is 35.1 Å². The smallest absolute Gasteiger partial charge is 0.338 e. The van der Waals surface area contributed by atoms with Crippen LogP contribution in [0.5, 0.6) is 0 Å². The number of fused-ring (bicyclic) bond motifs is 1. The molecule has 3 aromatic rings.